The molecule has 0 bridgehead atoms. The summed E-state index contributed by atoms with van der Waals surface area (Å²) in [6, 6.07) is 7.02. The second-order valence-corrected chi connectivity index (χ2v) is 5.49. The van der Waals surface area contributed by atoms with E-state index >= 15 is 0 Å². The highest BCUT2D eigenvalue weighted by Crippen LogP contribution is 2.22. The fourth-order valence-corrected chi connectivity index (χ4v) is 2.31. The number of carboxylic acid groups (broad SMARTS) is 1. The van der Waals surface area contributed by atoms with E-state index in [4.69, 9.17) is 5.11 Å². The lowest BCUT2D eigenvalue weighted by Gasteiger charge is -2.16. The van der Waals surface area contributed by atoms with E-state index in [0.29, 0.717) is 6.42 Å². The zero-order valence-electron chi connectivity index (χ0n) is 9.65. The van der Waals surface area contributed by atoms with Gasteiger partial charge in [-0.1, -0.05) is 12.1 Å². The van der Waals surface area contributed by atoms with Crippen molar-refractivity contribution >= 4 is 39.3 Å². The third kappa shape index (κ3) is 5.00. The first-order valence-electron chi connectivity index (χ1n) is 5.38. The molecule has 17 heavy (non-hydrogen) atoms. The van der Waals surface area contributed by atoms with Gasteiger partial charge in [0.1, 0.15) is 6.04 Å². The maximum absolute atomic E-state index is 11.1. The average Bonchev–Trinajstić information content (AvgIpc) is 2.30. The molecule has 2 N–H and O–H groups in total. The number of thioether (sulfide) groups is 1. The molecule has 1 aromatic carbocycles. The second-order valence-electron chi connectivity index (χ2n) is 3.65. The standard InChI is InChI=1S/C12H16BrNO2S/c1-17-8-4-7-11(12(15)16)14-10-6-3-2-5-9(10)13/h2-3,5-6,11,14H,4,7-8H2,1H3,(H,15,16). The largest absolute Gasteiger partial charge is 0.480 e. The van der Waals surface area contributed by atoms with Crippen molar-refractivity contribution < 1.29 is 9.90 Å². The maximum Gasteiger partial charge on any atom is 0.326 e. The third-order valence-electron chi connectivity index (χ3n) is 2.34. The minimum atomic E-state index is -0.804. The molecule has 0 aromatic heterocycles. The molecule has 1 aromatic rings. The molecule has 3 nitrogen and oxygen atoms in total. The van der Waals surface area contributed by atoms with Gasteiger partial charge >= 0.3 is 5.97 Å². The summed E-state index contributed by atoms with van der Waals surface area (Å²) in [6.07, 6.45) is 3.56. The number of rotatable bonds is 7. The van der Waals surface area contributed by atoms with Crippen LogP contribution in [0.15, 0.2) is 28.7 Å². The molecule has 0 aliphatic heterocycles. The minimum absolute atomic E-state index is 0.527. The van der Waals surface area contributed by atoms with E-state index in [0.717, 1.165) is 22.3 Å². The first-order valence-corrected chi connectivity index (χ1v) is 7.56. The molecule has 5 heteroatoms. The number of anilines is 1. The highest BCUT2D eigenvalue weighted by Gasteiger charge is 2.17. The first-order chi connectivity index (χ1) is 8.15. The number of carboxylic acids is 1. The van der Waals surface area contributed by atoms with Gasteiger partial charge in [-0.25, -0.2) is 4.79 Å². The summed E-state index contributed by atoms with van der Waals surface area (Å²) < 4.78 is 0.885. The van der Waals surface area contributed by atoms with E-state index in [1.807, 2.05) is 30.5 Å². The summed E-state index contributed by atoms with van der Waals surface area (Å²) in [5.74, 6) is 0.184. The Kier molecular flexibility index (Phi) is 6.44. The molecule has 1 rings (SSSR count). The van der Waals surface area contributed by atoms with Crippen LogP contribution in [0, 0.1) is 0 Å². The average molecular weight is 318 g/mol. The Balaban J connectivity index is 2.61. The molecule has 1 atom stereocenters. The van der Waals surface area contributed by atoms with E-state index in [-0.39, 0.29) is 0 Å². The topological polar surface area (TPSA) is 49.3 Å². The Morgan fingerprint density at radius 3 is 2.82 bits per heavy atom. The van der Waals surface area contributed by atoms with Crippen LogP contribution in [0.2, 0.25) is 0 Å². The highest BCUT2D eigenvalue weighted by molar-refractivity contribution is 9.10. The Bertz CT molecular complexity index is 373. The van der Waals surface area contributed by atoms with Crippen LogP contribution in [-0.2, 0) is 4.79 Å². The van der Waals surface area contributed by atoms with E-state index in [1.165, 1.54) is 0 Å². The molecule has 94 valence electrons. The van der Waals surface area contributed by atoms with Gasteiger partial charge in [-0.05, 0) is 52.9 Å². The van der Waals surface area contributed by atoms with Gasteiger partial charge in [0.15, 0.2) is 0 Å². The van der Waals surface area contributed by atoms with Crippen molar-refractivity contribution in [2.24, 2.45) is 0 Å². The number of halogens is 1. The van der Waals surface area contributed by atoms with Gasteiger partial charge in [-0.2, -0.15) is 11.8 Å². The van der Waals surface area contributed by atoms with Crippen molar-refractivity contribution in [1.29, 1.82) is 0 Å². The molecule has 0 amide bonds. The predicted molar refractivity (Wildman–Crippen MR) is 76.8 cm³/mol. The van der Waals surface area contributed by atoms with Crippen molar-refractivity contribution in [3.05, 3.63) is 28.7 Å². The van der Waals surface area contributed by atoms with Crippen LogP contribution in [-0.4, -0.2) is 29.1 Å². The Labute approximate surface area is 114 Å². The lowest BCUT2D eigenvalue weighted by molar-refractivity contribution is -0.138. The molecule has 0 radical (unpaired) electrons. The maximum atomic E-state index is 11.1. The highest BCUT2D eigenvalue weighted by atomic mass is 79.9. The van der Waals surface area contributed by atoms with Crippen molar-refractivity contribution in [3.8, 4) is 0 Å². The molecule has 0 fully saturated rings. The number of nitrogens with one attached hydrogen (secondary N) is 1. The van der Waals surface area contributed by atoms with Crippen molar-refractivity contribution in [1.82, 2.24) is 0 Å². The van der Waals surface area contributed by atoms with Gasteiger partial charge in [-0.15, -0.1) is 0 Å². The minimum Gasteiger partial charge on any atom is -0.480 e. The Morgan fingerprint density at radius 1 is 1.53 bits per heavy atom. The Hall–Kier alpha value is -0.680. The van der Waals surface area contributed by atoms with Crippen LogP contribution in [0.5, 0.6) is 0 Å². The number of para-hydroxylation sites is 1. The second kappa shape index (κ2) is 7.61. The summed E-state index contributed by atoms with van der Waals surface area (Å²) in [5, 5.41) is 12.2. The zero-order valence-corrected chi connectivity index (χ0v) is 12.1. The summed E-state index contributed by atoms with van der Waals surface area (Å²) in [5.41, 5.74) is 0.823. The molecular weight excluding hydrogens is 302 g/mol. The lowest BCUT2D eigenvalue weighted by atomic mass is 10.1. The third-order valence-corrected chi connectivity index (χ3v) is 3.73. The number of hydrogen-bond donors (Lipinski definition) is 2. The molecule has 0 heterocycles. The fraction of sp³-hybridized carbons (Fsp3) is 0.417. The first kappa shape index (κ1) is 14.4. The molecule has 0 spiro atoms. The van der Waals surface area contributed by atoms with Crippen molar-refractivity contribution in [2.45, 2.75) is 18.9 Å². The van der Waals surface area contributed by atoms with Gasteiger partial charge in [0.05, 0.1) is 0 Å². The van der Waals surface area contributed by atoms with Gasteiger partial charge in [0.2, 0.25) is 0 Å². The van der Waals surface area contributed by atoms with Crippen molar-refractivity contribution in [2.75, 3.05) is 17.3 Å². The number of hydrogen-bond acceptors (Lipinski definition) is 3. The molecule has 0 aliphatic rings. The summed E-state index contributed by atoms with van der Waals surface area (Å²) in [4.78, 5) is 11.1. The monoisotopic (exact) mass is 317 g/mol. The number of benzene rings is 1. The molecule has 0 saturated carbocycles. The van der Waals surface area contributed by atoms with E-state index in [1.54, 1.807) is 11.8 Å². The number of carbonyl (C=O) groups is 1. The van der Waals surface area contributed by atoms with E-state index < -0.39 is 12.0 Å². The van der Waals surface area contributed by atoms with Crippen LogP contribution < -0.4 is 5.32 Å². The summed E-state index contributed by atoms with van der Waals surface area (Å²) in [7, 11) is 0. The van der Waals surface area contributed by atoms with Crippen LogP contribution in [0.3, 0.4) is 0 Å². The molecule has 1 unspecified atom stereocenters. The van der Waals surface area contributed by atoms with E-state index in [2.05, 4.69) is 21.2 Å². The quantitative estimate of drug-likeness (QED) is 0.756. The predicted octanol–water partition coefficient (Wildman–Crippen LogP) is 3.46. The van der Waals surface area contributed by atoms with Crippen LogP contribution >= 0.6 is 27.7 Å². The lowest BCUT2D eigenvalue weighted by Crippen LogP contribution is -2.29. The van der Waals surface area contributed by atoms with E-state index in [9.17, 15) is 4.79 Å². The summed E-state index contributed by atoms with van der Waals surface area (Å²) in [6.45, 7) is 0. The Morgan fingerprint density at radius 2 is 2.24 bits per heavy atom. The molecular formula is C12H16BrNO2S. The van der Waals surface area contributed by atoms with Gasteiger partial charge in [0.25, 0.3) is 0 Å². The smallest absolute Gasteiger partial charge is 0.326 e. The SMILES string of the molecule is CSCCCC(Nc1ccccc1Br)C(=O)O. The number of aliphatic carboxylic acids is 1. The zero-order chi connectivity index (χ0) is 12.7. The van der Waals surface area contributed by atoms with Crippen LogP contribution in [0.4, 0.5) is 5.69 Å². The normalized spacial score (nSPS) is 12.1. The molecule has 0 saturated heterocycles. The van der Waals surface area contributed by atoms with Gasteiger partial charge < -0.3 is 10.4 Å². The van der Waals surface area contributed by atoms with Gasteiger partial charge in [-0.3, -0.25) is 0 Å². The van der Waals surface area contributed by atoms with Crippen molar-refractivity contribution in [3.63, 3.8) is 0 Å². The van der Waals surface area contributed by atoms with Gasteiger partial charge in [0, 0.05) is 10.2 Å². The fourth-order valence-electron chi connectivity index (χ4n) is 1.46. The van der Waals surface area contributed by atoms with Crippen LogP contribution in [0.25, 0.3) is 0 Å². The molecule has 0 aliphatic carbocycles. The van der Waals surface area contributed by atoms with Crippen LogP contribution in [0.1, 0.15) is 12.8 Å². The summed E-state index contributed by atoms with van der Waals surface area (Å²) >= 11 is 5.13.